The molecule has 0 radical (unpaired) electrons. The molecule has 0 aliphatic carbocycles. The molecule has 1 aromatic heterocycles. The van der Waals surface area contributed by atoms with Crippen molar-refractivity contribution in [2.75, 3.05) is 19.0 Å². The molecule has 0 aromatic carbocycles. The number of thioether (sulfide) groups is 2. The monoisotopic (exact) mass is 382 g/mol. The molecule has 6 nitrogen and oxygen atoms in total. The SMILES string of the molecule is CC(C)(C)c1cnc(CSC2=CN(NC(=O)C3CCCNC3)CS2)o1. The molecule has 25 heavy (non-hydrogen) atoms. The van der Waals surface area contributed by atoms with Gasteiger partial charge in [0.15, 0.2) is 0 Å². The van der Waals surface area contributed by atoms with Crippen LogP contribution in [0.5, 0.6) is 0 Å². The lowest BCUT2D eigenvalue weighted by molar-refractivity contribution is -0.129. The number of hydrogen-bond acceptors (Lipinski definition) is 7. The van der Waals surface area contributed by atoms with Crippen LogP contribution < -0.4 is 10.7 Å². The molecule has 2 aliphatic rings. The summed E-state index contributed by atoms with van der Waals surface area (Å²) in [5, 5.41) is 5.15. The molecule has 0 spiro atoms. The van der Waals surface area contributed by atoms with Gasteiger partial charge in [-0.2, -0.15) is 0 Å². The first-order valence-corrected chi connectivity index (χ1v) is 10.6. The van der Waals surface area contributed by atoms with Crippen LogP contribution >= 0.6 is 23.5 Å². The Kier molecular flexibility index (Phi) is 6.01. The lowest BCUT2D eigenvalue weighted by atomic mass is 9.94. The summed E-state index contributed by atoms with van der Waals surface area (Å²) in [6, 6.07) is 0. The zero-order valence-electron chi connectivity index (χ0n) is 15.0. The molecule has 2 N–H and O–H groups in total. The van der Waals surface area contributed by atoms with E-state index in [4.69, 9.17) is 4.42 Å². The predicted molar refractivity (Wildman–Crippen MR) is 103 cm³/mol. The lowest BCUT2D eigenvalue weighted by Gasteiger charge is -2.24. The lowest BCUT2D eigenvalue weighted by Crippen LogP contribution is -2.45. The second-order valence-corrected chi connectivity index (χ2v) is 9.63. The minimum Gasteiger partial charge on any atom is -0.444 e. The van der Waals surface area contributed by atoms with Crippen LogP contribution in [0.3, 0.4) is 0 Å². The highest BCUT2D eigenvalue weighted by Crippen LogP contribution is 2.36. The quantitative estimate of drug-likeness (QED) is 0.811. The summed E-state index contributed by atoms with van der Waals surface area (Å²) in [6.07, 6.45) is 5.84. The van der Waals surface area contributed by atoms with Gasteiger partial charge in [-0.1, -0.05) is 32.5 Å². The number of carbonyl (C=O) groups excluding carboxylic acids is 1. The van der Waals surface area contributed by atoms with E-state index in [2.05, 4.69) is 36.5 Å². The first-order chi connectivity index (χ1) is 11.9. The number of hydrazine groups is 1. The van der Waals surface area contributed by atoms with E-state index in [1.54, 1.807) is 23.5 Å². The van der Waals surface area contributed by atoms with E-state index in [9.17, 15) is 4.79 Å². The van der Waals surface area contributed by atoms with E-state index in [1.165, 1.54) is 0 Å². The number of rotatable bonds is 5. The Labute approximate surface area is 157 Å². The van der Waals surface area contributed by atoms with Crippen molar-refractivity contribution in [1.29, 1.82) is 0 Å². The molecule has 1 amide bonds. The van der Waals surface area contributed by atoms with Crippen molar-refractivity contribution < 1.29 is 9.21 Å². The van der Waals surface area contributed by atoms with E-state index in [1.807, 2.05) is 17.4 Å². The van der Waals surface area contributed by atoms with Gasteiger partial charge in [-0.15, -0.1) is 11.8 Å². The first kappa shape index (κ1) is 18.7. The van der Waals surface area contributed by atoms with Crippen LogP contribution in [0.25, 0.3) is 0 Å². The molecule has 1 unspecified atom stereocenters. The maximum atomic E-state index is 12.3. The van der Waals surface area contributed by atoms with Crippen LogP contribution in [0.15, 0.2) is 21.1 Å². The minimum atomic E-state index is -0.0215. The fraction of sp³-hybridized carbons (Fsp3) is 0.647. The van der Waals surface area contributed by atoms with Gasteiger partial charge in [0.25, 0.3) is 0 Å². The molecule has 0 bridgehead atoms. The Balaban J connectivity index is 1.47. The number of oxazole rings is 1. The van der Waals surface area contributed by atoms with Gasteiger partial charge in [0, 0.05) is 18.2 Å². The van der Waals surface area contributed by atoms with Crippen LogP contribution in [-0.2, 0) is 16.0 Å². The van der Waals surface area contributed by atoms with Gasteiger partial charge in [0.2, 0.25) is 11.8 Å². The third-order valence-corrected chi connectivity index (χ3v) is 6.44. The van der Waals surface area contributed by atoms with Crippen LogP contribution in [0, 0.1) is 5.92 Å². The smallest absolute Gasteiger partial charge is 0.242 e. The van der Waals surface area contributed by atoms with Crippen LogP contribution in [-0.4, -0.2) is 34.9 Å². The van der Waals surface area contributed by atoms with Crippen LogP contribution in [0.1, 0.15) is 45.3 Å². The van der Waals surface area contributed by atoms with Crippen LogP contribution in [0.2, 0.25) is 0 Å². The number of hydrogen-bond donors (Lipinski definition) is 2. The van der Waals surface area contributed by atoms with E-state index < -0.39 is 0 Å². The molecule has 138 valence electrons. The highest BCUT2D eigenvalue weighted by atomic mass is 32.2. The van der Waals surface area contributed by atoms with Crippen molar-refractivity contribution in [3.05, 3.63) is 28.3 Å². The van der Waals surface area contributed by atoms with Crippen molar-refractivity contribution >= 4 is 29.4 Å². The van der Waals surface area contributed by atoms with Crippen molar-refractivity contribution in [2.24, 2.45) is 5.92 Å². The molecule has 1 fully saturated rings. The average molecular weight is 383 g/mol. The molecular weight excluding hydrogens is 356 g/mol. The molecule has 1 atom stereocenters. The number of nitrogens with one attached hydrogen (secondary N) is 2. The Morgan fingerprint density at radius 3 is 3.08 bits per heavy atom. The van der Waals surface area contributed by atoms with Gasteiger partial charge < -0.3 is 9.73 Å². The fourth-order valence-corrected chi connectivity index (χ4v) is 4.52. The number of carbonyl (C=O) groups is 1. The minimum absolute atomic E-state index is 0.0215. The fourth-order valence-electron chi connectivity index (χ4n) is 2.64. The largest absolute Gasteiger partial charge is 0.444 e. The average Bonchev–Trinajstić information content (AvgIpc) is 3.22. The van der Waals surface area contributed by atoms with Crippen LogP contribution in [0.4, 0.5) is 0 Å². The summed E-state index contributed by atoms with van der Waals surface area (Å²) in [6.45, 7) is 8.13. The van der Waals surface area contributed by atoms with E-state index in [-0.39, 0.29) is 17.2 Å². The normalized spacial score (nSPS) is 21.3. The number of aromatic nitrogens is 1. The summed E-state index contributed by atoms with van der Waals surface area (Å²) in [5.41, 5.74) is 2.98. The standard InChI is InChI=1S/C17H26N4O2S2/c1-17(2,3)13-8-19-14(23-13)10-24-15-9-21(11-25-15)20-16(22)12-5-4-6-18-7-12/h8-9,12,18H,4-7,10-11H2,1-3H3,(H,20,22). The Morgan fingerprint density at radius 1 is 1.56 bits per heavy atom. The zero-order chi connectivity index (χ0) is 17.9. The van der Waals surface area contributed by atoms with Gasteiger partial charge in [-0.05, 0) is 19.4 Å². The summed E-state index contributed by atoms with van der Waals surface area (Å²) < 4.78 is 6.98. The van der Waals surface area contributed by atoms with Crippen molar-refractivity contribution in [2.45, 2.75) is 44.8 Å². The van der Waals surface area contributed by atoms with Crippen molar-refractivity contribution in [3.63, 3.8) is 0 Å². The zero-order valence-corrected chi connectivity index (χ0v) is 16.6. The first-order valence-electron chi connectivity index (χ1n) is 8.62. The third kappa shape index (κ3) is 5.18. The van der Waals surface area contributed by atoms with E-state index in [0.29, 0.717) is 5.75 Å². The molecule has 0 saturated carbocycles. The van der Waals surface area contributed by atoms with Gasteiger partial charge in [-0.3, -0.25) is 15.2 Å². The Bertz CT molecular complexity index is 633. The topological polar surface area (TPSA) is 70.4 Å². The summed E-state index contributed by atoms with van der Waals surface area (Å²) in [5.74, 6) is 3.28. The second-order valence-electron chi connectivity index (χ2n) is 7.37. The molecule has 1 aromatic rings. The summed E-state index contributed by atoms with van der Waals surface area (Å²) in [7, 11) is 0. The number of piperidine rings is 1. The summed E-state index contributed by atoms with van der Waals surface area (Å²) >= 11 is 3.41. The molecule has 1 saturated heterocycles. The predicted octanol–water partition coefficient (Wildman–Crippen LogP) is 3.04. The third-order valence-electron chi connectivity index (χ3n) is 4.16. The Morgan fingerprint density at radius 2 is 2.40 bits per heavy atom. The maximum absolute atomic E-state index is 12.3. The number of nitrogens with zero attached hydrogens (tertiary/aromatic N) is 2. The number of amides is 1. The Hall–Kier alpha value is -1.12. The van der Waals surface area contributed by atoms with Gasteiger partial charge in [-0.25, -0.2) is 4.98 Å². The molecule has 3 rings (SSSR count). The van der Waals surface area contributed by atoms with Gasteiger partial charge >= 0.3 is 0 Å². The molecule has 3 heterocycles. The van der Waals surface area contributed by atoms with E-state index in [0.717, 1.165) is 47.7 Å². The highest BCUT2D eigenvalue weighted by molar-refractivity contribution is 8.22. The molecule has 8 heteroatoms. The van der Waals surface area contributed by atoms with Crippen molar-refractivity contribution in [1.82, 2.24) is 20.7 Å². The van der Waals surface area contributed by atoms with Gasteiger partial charge in [0.1, 0.15) is 5.76 Å². The van der Waals surface area contributed by atoms with Crippen molar-refractivity contribution in [3.8, 4) is 0 Å². The maximum Gasteiger partial charge on any atom is 0.242 e. The second kappa shape index (κ2) is 8.05. The highest BCUT2D eigenvalue weighted by Gasteiger charge is 2.24. The molecule has 2 aliphatic heterocycles. The molecular formula is C17H26N4O2S2. The summed E-state index contributed by atoms with van der Waals surface area (Å²) in [4.78, 5) is 16.6. The van der Waals surface area contributed by atoms with E-state index >= 15 is 0 Å². The van der Waals surface area contributed by atoms with Gasteiger partial charge in [0.05, 0.1) is 28.0 Å².